The average Bonchev–Trinajstić information content (AvgIpc) is 2.87. The minimum atomic E-state index is 0.737. The number of benzene rings is 1. The molecule has 0 unspecified atom stereocenters. The van der Waals surface area contributed by atoms with Crippen LogP contribution in [0.1, 0.15) is 31.2 Å². The van der Waals surface area contributed by atoms with Crippen molar-refractivity contribution in [3.63, 3.8) is 0 Å². The molecule has 6 heteroatoms. The number of nitrogens with zero attached hydrogens (tertiary/aromatic N) is 5. The Labute approximate surface area is 147 Å². The van der Waals surface area contributed by atoms with Crippen molar-refractivity contribution < 1.29 is 0 Å². The van der Waals surface area contributed by atoms with Gasteiger partial charge in [0.05, 0.1) is 11.6 Å². The van der Waals surface area contributed by atoms with Gasteiger partial charge in [-0.25, -0.2) is 0 Å². The largest absolute Gasteiger partial charge is 0.365 e. The Morgan fingerprint density at radius 2 is 1.76 bits per heavy atom. The summed E-state index contributed by atoms with van der Waals surface area (Å²) in [6, 6.07) is 10.4. The van der Waals surface area contributed by atoms with E-state index in [-0.39, 0.29) is 0 Å². The summed E-state index contributed by atoms with van der Waals surface area (Å²) in [5.41, 5.74) is 2.11. The van der Waals surface area contributed by atoms with Gasteiger partial charge in [-0.3, -0.25) is 4.68 Å². The van der Waals surface area contributed by atoms with Crippen molar-refractivity contribution in [2.75, 3.05) is 23.3 Å². The molecule has 2 aromatic heterocycles. The number of nitrogens with one attached hydrogen (secondary N) is 1. The summed E-state index contributed by atoms with van der Waals surface area (Å²) in [5.74, 6) is 1.68. The summed E-state index contributed by atoms with van der Waals surface area (Å²) in [5, 5.41) is 8.82. The zero-order valence-corrected chi connectivity index (χ0v) is 14.6. The van der Waals surface area contributed by atoms with E-state index in [1.807, 2.05) is 24.0 Å². The Balaban J connectivity index is 1.66. The van der Waals surface area contributed by atoms with Gasteiger partial charge in [-0.15, -0.1) is 0 Å². The van der Waals surface area contributed by atoms with E-state index in [2.05, 4.69) is 39.6 Å². The lowest BCUT2D eigenvalue weighted by atomic mass is 10.2. The van der Waals surface area contributed by atoms with Gasteiger partial charge >= 0.3 is 0 Å². The van der Waals surface area contributed by atoms with Crippen molar-refractivity contribution in [2.24, 2.45) is 7.05 Å². The van der Waals surface area contributed by atoms with Gasteiger partial charge in [-0.05, 0) is 18.4 Å². The maximum Gasteiger partial charge on any atom is 0.229 e. The Kier molecular flexibility index (Phi) is 4.50. The highest BCUT2D eigenvalue weighted by Gasteiger charge is 2.17. The molecule has 6 nitrogen and oxygen atoms in total. The Hall–Kier alpha value is -2.63. The van der Waals surface area contributed by atoms with E-state index in [9.17, 15) is 0 Å². The maximum atomic E-state index is 4.85. The van der Waals surface area contributed by atoms with E-state index in [1.54, 1.807) is 0 Å². The van der Waals surface area contributed by atoms with Crippen LogP contribution in [0.15, 0.2) is 36.5 Å². The number of anilines is 2. The number of aryl methyl sites for hydroxylation is 1. The molecule has 1 aromatic carbocycles. The van der Waals surface area contributed by atoms with Crippen molar-refractivity contribution in [1.29, 1.82) is 0 Å². The fraction of sp³-hybridized carbons (Fsp3) is 0.421. The van der Waals surface area contributed by atoms with Gasteiger partial charge in [0.2, 0.25) is 5.95 Å². The molecule has 0 saturated carbocycles. The van der Waals surface area contributed by atoms with E-state index in [0.717, 1.165) is 42.4 Å². The molecule has 0 spiro atoms. The van der Waals surface area contributed by atoms with E-state index in [4.69, 9.17) is 9.97 Å². The number of aromatic nitrogens is 4. The summed E-state index contributed by atoms with van der Waals surface area (Å²) < 4.78 is 1.83. The van der Waals surface area contributed by atoms with Crippen molar-refractivity contribution in [3.8, 4) is 0 Å². The monoisotopic (exact) mass is 336 g/mol. The predicted molar refractivity (Wildman–Crippen MR) is 101 cm³/mol. The first-order valence-corrected chi connectivity index (χ1v) is 9.04. The van der Waals surface area contributed by atoms with Crippen LogP contribution in [-0.4, -0.2) is 32.8 Å². The lowest BCUT2D eigenvalue weighted by Crippen LogP contribution is -2.26. The molecule has 3 heterocycles. The molecule has 0 bridgehead atoms. The zero-order valence-electron chi connectivity index (χ0n) is 14.6. The first-order valence-electron chi connectivity index (χ1n) is 9.04. The molecule has 4 rings (SSSR count). The van der Waals surface area contributed by atoms with Gasteiger partial charge in [-0.2, -0.15) is 15.1 Å². The lowest BCUT2D eigenvalue weighted by Gasteiger charge is -2.21. The van der Waals surface area contributed by atoms with Crippen LogP contribution in [-0.2, 0) is 13.6 Å². The van der Waals surface area contributed by atoms with Gasteiger partial charge in [0.25, 0.3) is 0 Å². The molecular weight excluding hydrogens is 312 g/mol. The molecule has 1 aliphatic rings. The highest BCUT2D eigenvalue weighted by Crippen LogP contribution is 2.25. The van der Waals surface area contributed by atoms with Crippen LogP contribution in [0.2, 0.25) is 0 Å². The third-order valence-corrected chi connectivity index (χ3v) is 4.77. The van der Waals surface area contributed by atoms with Crippen LogP contribution in [0, 0.1) is 0 Å². The lowest BCUT2D eigenvalue weighted by molar-refractivity contribution is 0.726. The van der Waals surface area contributed by atoms with Gasteiger partial charge in [0, 0.05) is 26.7 Å². The second kappa shape index (κ2) is 7.09. The van der Waals surface area contributed by atoms with E-state index in [1.165, 1.54) is 31.2 Å². The molecule has 25 heavy (non-hydrogen) atoms. The molecule has 1 N–H and O–H groups in total. The molecular formula is C19H24N6. The average molecular weight is 336 g/mol. The topological polar surface area (TPSA) is 58.9 Å². The highest BCUT2D eigenvalue weighted by molar-refractivity contribution is 5.87. The fourth-order valence-electron chi connectivity index (χ4n) is 3.34. The third kappa shape index (κ3) is 3.43. The van der Waals surface area contributed by atoms with Crippen molar-refractivity contribution in [3.05, 3.63) is 42.1 Å². The van der Waals surface area contributed by atoms with E-state index in [0.29, 0.717) is 0 Å². The SMILES string of the molecule is Cn1ncc2c(NCc3ccccc3)nc(N3CCCCCC3)nc21. The Bertz CT molecular complexity index is 834. The summed E-state index contributed by atoms with van der Waals surface area (Å²) in [6.07, 6.45) is 6.85. The molecule has 3 aromatic rings. The van der Waals surface area contributed by atoms with Crippen LogP contribution in [0.4, 0.5) is 11.8 Å². The minimum absolute atomic E-state index is 0.737. The second-order valence-electron chi connectivity index (χ2n) is 6.62. The van der Waals surface area contributed by atoms with Gasteiger partial charge < -0.3 is 10.2 Å². The van der Waals surface area contributed by atoms with Crippen LogP contribution in [0.5, 0.6) is 0 Å². The fourth-order valence-corrected chi connectivity index (χ4v) is 3.34. The predicted octanol–water partition coefficient (Wildman–Crippen LogP) is 3.36. The van der Waals surface area contributed by atoms with E-state index < -0.39 is 0 Å². The van der Waals surface area contributed by atoms with Crippen molar-refractivity contribution >= 4 is 22.8 Å². The molecule has 1 saturated heterocycles. The number of fused-ring (bicyclic) bond motifs is 1. The van der Waals surface area contributed by atoms with Crippen LogP contribution in [0.3, 0.4) is 0 Å². The van der Waals surface area contributed by atoms with E-state index >= 15 is 0 Å². The second-order valence-corrected chi connectivity index (χ2v) is 6.62. The Morgan fingerprint density at radius 1 is 1.00 bits per heavy atom. The number of hydrogen-bond donors (Lipinski definition) is 1. The minimum Gasteiger partial charge on any atom is -0.365 e. The standard InChI is InChI=1S/C19H24N6/c1-24-18-16(14-21-24)17(20-13-15-9-5-4-6-10-15)22-19(23-18)25-11-7-2-3-8-12-25/h4-6,9-10,14H,2-3,7-8,11-13H2,1H3,(H,20,22,23). The first-order chi connectivity index (χ1) is 12.3. The van der Waals surface area contributed by atoms with Crippen LogP contribution in [0.25, 0.3) is 11.0 Å². The first kappa shape index (κ1) is 15.9. The number of rotatable bonds is 4. The molecule has 0 aliphatic carbocycles. The summed E-state index contributed by atoms with van der Waals surface area (Å²) in [6.45, 7) is 2.80. The van der Waals surface area contributed by atoms with Gasteiger partial charge in [0.15, 0.2) is 5.65 Å². The molecule has 0 atom stereocenters. The maximum absolute atomic E-state index is 4.85. The van der Waals surface area contributed by atoms with Gasteiger partial charge in [-0.1, -0.05) is 43.2 Å². The smallest absolute Gasteiger partial charge is 0.229 e. The van der Waals surface area contributed by atoms with Crippen LogP contribution >= 0.6 is 0 Å². The molecule has 0 amide bonds. The third-order valence-electron chi connectivity index (χ3n) is 4.77. The molecule has 0 radical (unpaired) electrons. The molecule has 1 fully saturated rings. The number of hydrogen-bond acceptors (Lipinski definition) is 5. The summed E-state index contributed by atoms with van der Waals surface area (Å²) in [7, 11) is 1.93. The highest BCUT2D eigenvalue weighted by atomic mass is 15.3. The van der Waals surface area contributed by atoms with Crippen molar-refractivity contribution in [1.82, 2.24) is 19.7 Å². The molecule has 130 valence electrons. The molecule has 1 aliphatic heterocycles. The summed E-state index contributed by atoms with van der Waals surface area (Å²) in [4.78, 5) is 11.9. The summed E-state index contributed by atoms with van der Waals surface area (Å²) >= 11 is 0. The zero-order chi connectivity index (χ0) is 17.1. The normalized spacial score (nSPS) is 15.3. The van der Waals surface area contributed by atoms with Crippen molar-refractivity contribution in [2.45, 2.75) is 32.2 Å². The Morgan fingerprint density at radius 3 is 2.52 bits per heavy atom. The van der Waals surface area contributed by atoms with Crippen LogP contribution < -0.4 is 10.2 Å². The van der Waals surface area contributed by atoms with Gasteiger partial charge in [0.1, 0.15) is 5.82 Å². The quantitative estimate of drug-likeness (QED) is 0.792.